The second kappa shape index (κ2) is 4.22. The van der Waals surface area contributed by atoms with E-state index in [0.717, 1.165) is 13.2 Å². The highest BCUT2D eigenvalue weighted by Crippen LogP contribution is 2.15. The van der Waals surface area contributed by atoms with E-state index < -0.39 is 21.6 Å². The van der Waals surface area contributed by atoms with Crippen molar-refractivity contribution in [1.82, 2.24) is 4.98 Å². The zero-order valence-electron chi connectivity index (χ0n) is 7.36. The molecular weight excluding hydrogens is 313 g/mol. The van der Waals surface area contributed by atoms with Crippen molar-refractivity contribution in [2.75, 3.05) is 0 Å². The van der Waals surface area contributed by atoms with Crippen LogP contribution in [0.2, 0.25) is 0 Å². The fourth-order valence-electron chi connectivity index (χ4n) is 0.964. The van der Waals surface area contributed by atoms with Gasteiger partial charge in [-0.15, -0.1) is 0 Å². The van der Waals surface area contributed by atoms with Crippen LogP contribution in [0.5, 0.6) is 0 Å². The largest absolute Gasteiger partial charge is 0.619 e. The number of para-hydroxylation sites is 1. The zero-order valence-corrected chi connectivity index (χ0v) is 10.3. The molecule has 0 N–H and O–H groups in total. The van der Waals surface area contributed by atoms with E-state index in [4.69, 9.17) is 3.07 Å². The van der Waals surface area contributed by atoms with E-state index in [2.05, 4.69) is 4.98 Å². The van der Waals surface area contributed by atoms with Crippen molar-refractivity contribution in [3.63, 3.8) is 0 Å². The minimum atomic E-state index is -0.704. The molecule has 5 heteroatoms. The van der Waals surface area contributed by atoms with Gasteiger partial charge in [0.05, 0.1) is 10.2 Å². The van der Waals surface area contributed by atoms with Gasteiger partial charge >= 0.3 is 30.6 Å². The maximum atomic E-state index is 10.6. The van der Waals surface area contributed by atoms with E-state index in [1.807, 2.05) is 24.3 Å². The van der Waals surface area contributed by atoms with Gasteiger partial charge in [0.15, 0.2) is 0 Å². The Kier molecular flexibility index (Phi) is 2.97. The van der Waals surface area contributed by atoms with Gasteiger partial charge in [-0.1, -0.05) is 23.5 Å². The Labute approximate surface area is 95.9 Å². The van der Waals surface area contributed by atoms with Crippen molar-refractivity contribution in [2.45, 2.75) is 6.92 Å². The zero-order chi connectivity index (χ0) is 9.97. The molecule has 14 heavy (non-hydrogen) atoms. The lowest BCUT2D eigenvalue weighted by Gasteiger charge is -1.79. The molecule has 0 radical (unpaired) electrons. The van der Waals surface area contributed by atoms with Crippen LogP contribution in [0.15, 0.2) is 24.3 Å². The van der Waals surface area contributed by atoms with Crippen molar-refractivity contribution in [3.8, 4) is 0 Å². The van der Waals surface area contributed by atoms with Gasteiger partial charge in [-0.2, -0.15) is 4.98 Å². The van der Waals surface area contributed by atoms with Crippen molar-refractivity contribution in [2.24, 2.45) is 0 Å². The minimum absolute atomic E-state index is 0.225. The number of halogens is 1. The highest BCUT2D eigenvalue weighted by atomic mass is 127. The number of thiazole rings is 1. The summed E-state index contributed by atoms with van der Waals surface area (Å²) in [7, 11) is 0. The van der Waals surface area contributed by atoms with Crippen molar-refractivity contribution in [1.29, 1.82) is 0 Å². The lowest BCUT2D eigenvalue weighted by atomic mass is 10.3. The van der Waals surface area contributed by atoms with Crippen LogP contribution in [0.3, 0.4) is 0 Å². The Bertz CT molecular complexity index is 436. The SMILES string of the molecule is CC(=O)O[I+]c1nc2ccccc2s1. The van der Waals surface area contributed by atoms with E-state index in [1.165, 1.54) is 6.92 Å². The van der Waals surface area contributed by atoms with Crippen LogP contribution < -0.4 is 21.6 Å². The Morgan fingerprint density at radius 2 is 2.29 bits per heavy atom. The predicted octanol–water partition coefficient (Wildman–Crippen LogP) is -0.967. The molecule has 0 saturated carbocycles. The molecule has 2 aromatic rings. The number of benzene rings is 1. The van der Waals surface area contributed by atoms with Crippen LogP contribution in [0.25, 0.3) is 10.2 Å². The molecule has 0 aliphatic carbocycles. The third kappa shape index (κ3) is 2.21. The van der Waals surface area contributed by atoms with Crippen LogP contribution in [-0.4, -0.2) is 11.0 Å². The second-order valence-electron chi connectivity index (χ2n) is 2.58. The molecule has 72 valence electrons. The van der Waals surface area contributed by atoms with Gasteiger partial charge in [-0.05, 0) is 12.1 Å². The summed E-state index contributed by atoms with van der Waals surface area (Å²) in [5.41, 5.74) is 0.986. The maximum Gasteiger partial charge on any atom is 0.619 e. The normalized spacial score (nSPS) is 10.4. The number of carbonyl (C=O) groups excluding carboxylic acids is 1. The average molecular weight is 320 g/mol. The van der Waals surface area contributed by atoms with Crippen molar-refractivity contribution < 1.29 is 29.5 Å². The third-order valence-electron chi connectivity index (χ3n) is 1.48. The van der Waals surface area contributed by atoms with Gasteiger partial charge in [-0.25, -0.2) is 7.86 Å². The molecule has 2 rings (SSSR count). The first-order valence-electron chi connectivity index (χ1n) is 3.93. The fraction of sp³-hybridized carbons (Fsp3) is 0.111. The summed E-state index contributed by atoms with van der Waals surface area (Å²) in [6.07, 6.45) is 0. The quantitative estimate of drug-likeness (QED) is 0.669. The maximum absolute atomic E-state index is 10.6. The highest BCUT2D eigenvalue weighted by molar-refractivity contribution is 7.16. The van der Waals surface area contributed by atoms with Crippen molar-refractivity contribution >= 4 is 27.5 Å². The summed E-state index contributed by atoms with van der Waals surface area (Å²) in [6, 6.07) is 7.92. The van der Waals surface area contributed by atoms with Gasteiger partial charge in [0.2, 0.25) is 0 Å². The molecule has 0 aliphatic rings. The van der Waals surface area contributed by atoms with Crippen LogP contribution >= 0.6 is 11.3 Å². The number of hydrogen-bond acceptors (Lipinski definition) is 4. The molecule has 0 bridgehead atoms. The Hall–Kier alpha value is -0.690. The number of hydrogen-bond donors (Lipinski definition) is 0. The van der Waals surface area contributed by atoms with Gasteiger partial charge in [0.25, 0.3) is 0 Å². The molecule has 0 fully saturated rings. The molecule has 0 atom stereocenters. The predicted molar refractivity (Wildman–Crippen MR) is 50.1 cm³/mol. The molecule has 0 amide bonds. The second-order valence-corrected chi connectivity index (χ2v) is 6.25. The smallest absolute Gasteiger partial charge is 0.247 e. The minimum Gasteiger partial charge on any atom is -0.247 e. The van der Waals surface area contributed by atoms with Gasteiger partial charge < -0.3 is 0 Å². The Morgan fingerprint density at radius 1 is 1.50 bits per heavy atom. The molecule has 0 saturated heterocycles. The average Bonchev–Trinajstić information content (AvgIpc) is 2.57. The fourth-order valence-corrected chi connectivity index (χ4v) is 3.74. The lowest BCUT2D eigenvalue weighted by Crippen LogP contribution is -3.62. The first-order chi connectivity index (χ1) is 6.75. The van der Waals surface area contributed by atoms with E-state index in [1.54, 1.807) is 11.3 Å². The molecule has 0 unspecified atom stereocenters. The molecule has 1 heterocycles. The number of fused-ring (bicyclic) bond motifs is 1. The first-order valence-corrected chi connectivity index (χ1v) is 6.71. The van der Waals surface area contributed by atoms with Gasteiger partial charge in [-0.3, -0.25) is 0 Å². The lowest BCUT2D eigenvalue weighted by molar-refractivity contribution is -0.851. The van der Waals surface area contributed by atoms with Crippen LogP contribution in [0.4, 0.5) is 0 Å². The molecule has 1 aromatic heterocycles. The number of rotatable bonds is 2. The van der Waals surface area contributed by atoms with Crippen molar-refractivity contribution in [3.05, 3.63) is 27.3 Å². The summed E-state index contributed by atoms with van der Waals surface area (Å²) in [6.45, 7) is 1.42. The topological polar surface area (TPSA) is 39.2 Å². The number of nitrogens with zero attached hydrogens (tertiary/aromatic N) is 1. The van der Waals surface area contributed by atoms with Crippen LogP contribution in [-0.2, 0) is 7.86 Å². The third-order valence-corrected chi connectivity index (χ3v) is 4.85. The summed E-state index contributed by atoms with van der Waals surface area (Å²) < 4.78 is 7.07. The standard InChI is InChI=1S/C9H7INO2S/c1-6(12)13-10-9-11-7-4-2-3-5-8(7)14-9/h2-5H,1H3/q+1. The highest BCUT2D eigenvalue weighted by Gasteiger charge is 2.23. The van der Waals surface area contributed by atoms with Gasteiger partial charge in [0, 0.05) is 6.92 Å². The van der Waals surface area contributed by atoms with Crippen LogP contribution in [0.1, 0.15) is 6.92 Å². The molecule has 0 spiro atoms. The Morgan fingerprint density at radius 3 is 3.00 bits per heavy atom. The van der Waals surface area contributed by atoms with E-state index in [0.29, 0.717) is 0 Å². The molecule has 0 aliphatic heterocycles. The monoisotopic (exact) mass is 320 g/mol. The van der Waals surface area contributed by atoms with Gasteiger partial charge in [0.1, 0.15) is 0 Å². The summed E-state index contributed by atoms with van der Waals surface area (Å²) in [4.78, 5) is 15.0. The summed E-state index contributed by atoms with van der Waals surface area (Å²) in [5, 5.41) is 0. The van der Waals surface area contributed by atoms with E-state index in [-0.39, 0.29) is 5.97 Å². The first kappa shape index (κ1) is 9.85. The summed E-state index contributed by atoms with van der Waals surface area (Å²) in [5.74, 6) is -0.225. The molecular formula is C9H7INO2S+. The molecule has 1 aromatic carbocycles. The number of aromatic nitrogens is 1. The molecule has 3 nitrogen and oxygen atoms in total. The van der Waals surface area contributed by atoms with E-state index in [9.17, 15) is 4.79 Å². The number of carbonyl (C=O) groups is 1. The Balaban J connectivity index is 2.22. The van der Waals surface area contributed by atoms with Crippen LogP contribution in [0, 0.1) is 3.01 Å². The van der Waals surface area contributed by atoms with E-state index >= 15 is 0 Å². The summed E-state index contributed by atoms with van der Waals surface area (Å²) >= 11 is 0.896.